The van der Waals surface area contributed by atoms with Crippen LogP contribution in [-0.4, -0.2) is 33.4 Å². The van der Waals surface area contributed by atoms with Gasteiger partial charge in [0.05, 0.1) is 18.4 Å². The van der Waals surface area contributed by atoms with Gasteiger partial charge in [-0.3, -0.25) is 24.1 Å². The van der Waals surface area contributed by atoms with Gasteiger partial charge in [0, 0.05) is 33.2 Å². The summed E-state index contributed by atoms with van der Waals surface area (Å²) in [6.45, 7) is 1.80. The SMILES string of the molecule is CC1=CC(=O)C2=C(CC3C(=CCC4C(=O)N(Cc5ccccc5)C(=O)C43)C2c2cc(Cl)ccc2O)C1=O. The van der Waals surface area contributed by atoms with Gasteiger partial charge < -0.3 is 5.11 Å². The maximum absolute atomic E-state index is 13.8. The predicted molar refractivity (Wildman–Crippen MR) is 136 cm³/mol. The van der Waals surface area contributed by atoms with Crippen LogP contribution in [0, 0.1) is 17.8 Å². The molecule has 2 aromatic rings. The molecule has 1 heterocycles. The minimum atomic E-state index is -0.722. The second-order valence-corrected chi connectivity index (χ2v) is 10.6. The number of likely N-dealkylation sites (tertiary alicyclic amines) is 1. The van der Waals surface area contributed by atoms with Gasteiger partial charge in [-0.25, -0.2) is 0 Å². The summed E-state index contributed by atoms with van der Waals surface area (Å²) in [5.74, 6) is -3.35. The first-order valence-corrected chi connectivity index (χ1v) is 12.7. The van der Waals surface area contributed by atoms with Crippen LogP contribution in [0.2, 0.25) is 5.02 Å². The number of aromatic hydroxyl groups is 1. The van der Waals surface area contributed by atoms with Crippen molar-refractivity contribution in [1.82, 2.24) is 4.90 Å². The molecule has 1 aliphatic heterocycles. The van der Waals surface area contributed by atoms with Crippen molar-refractivity contribution in [3.63, 3.8) is 0 Å². The first kappa shape index (κ1) is 23.6. The molecule has 6 rings (SSSR count). The number of amides is 2. The summed E-state index contributed by atoms with van der Waals surface area (Å²) in [4.78, 5) is 55.1. The van der Waals surface area contributed by atoms with E-state index in [1.165, 1.54) is 17.0 Å². The number of fused-ring (bicyclic) bond motifs is 3. The number of hydrogen-bond donors (Lipinski definition) is 1. The molecule has 0 bridgehead atoms. The van der Waals surface area contributed by atoms with Gasteiger partial charge in [-0.2, -0.15) is 0 Å². The van der Waals surface area contributed by atoms with E-state index in [0.29, 0.717) is 33.7 Å². The first-order valence-electron chi connectivity index (χ1n) is 12.3. The molecule has 6 nitrogen and oxygen atoms in total. The lowest BCUT2D eigenvalue weighted by Gasteiger charge is -2.42. The Morgan fingerprint density at radius 2 is 1.76 bits per heavy atom. The number of benzene rings is 2. The number of Topliss-reactive ketones (excluding diaryl/α,β-unsaturated/α-hetero) is 1. The topological polar surface area (TPSA) is 91.8 Å². The number of halogens is 1. The van der Waals surface area contributed by atoms with Crippen molar-refractivity contribution in [2.24, 2.45) is 17.8 Å². The number of carbonyl (C=O) groups excluding carboxylic acids is 4. The Morgan fingerprint density at radius 3 is 2.51 bits per heavy atom. The van der Waals surface area contributed by atoms with E-state index in [1.807, 2.05) is 36.4 Å². The lowest BCUT2D eigenvalue weighted by Crippen LogP contribution is -2.39. The number of allylic oxidation sites excluding steroid dienone is 6. The van der Waals surface area contributed by atoms with Gasteiger partial charge in [0.1, 0.15) is 5.75 Å². The number of ketones is 2. The van der Waals surface area contributed by atoms with E-state index >= 15 is 0 Å². The third-order valence-corrected chi connectivity index (χ3v) is 8.37. The van der Waals surface area contributed by atoms with Crippen LogP contribution >= 0.6 is 11.6 Å². The van der Waals surface area contributed by atoms with Gasteiger partial charge in [-0.05, 0) is 55.5 Å². The molecule has 186 valence electrons. The van der Waals surface area contributed by atoms with Gasteiger partial charge in [-0.1, -0.05) is 53.6 Å². The summed E-state index contributed by atoms with van der Waals surface area (Å²) in [6, 6.07) is 14.0. The molecular formula is C30H24ClNO5. The van der Waals surface area contributed by atoms with Crippen LogP contribution in [0.5, 0.6) is 5.75 Å². The number of phenolic OH excluding ortho intramolecular Hbond substituents is 1. The van der Waals surface area contributed by atoms with Crippen molar-refractivity contribution >= 4 is 35.0 Å². The summed E-state index contributed by atoms with van der Waals surface area (Å²) in [5.41, 5.74) is 3.10. The fraction of sp³-hybridized carbons (Fsp3) is 0.267. The van der Waals surface area contributed by atoms with E-state index in [-0.39, 0.29) is 42.1 Å². The van der Waals surface area contributed by atoms with Crippen LogP contribution in [-0.2, 0) is 25.7 Å². The summed E-state index contributed by atoms with van der Waals surface area (Å²) in [7, 11) is 0. The molecule has 37 heavy (non-hydrogen) atoms. The number of imide groups is 1. The van der Waals surface area contributed by atoms with Crippen LogP contribution in [0.1, 0.15) is 36.8 Å². The van der Waals surface area contributed by atoms with Crippen molar-refractivity contribution in [2.45, 2.75) is 32.2 Å². The summed E-state index contributed by atoms with van der Waals surface area (Å²) < 4.78 is 0. The van der Waals surface area contributed by atoms with Crippen LogP contribution in [0.3, 0.4) is 0 Å². The van der Waals surface area contributed by atoms with Gasteiger partial charge in [-0.15, -0.1) is 0 Å². The Labute approximate surface area is 218 Å². The van der Waals surface area contributed by atoms with Gasteiger partial charge in [0.15, 0.2) is 11.6 Å². The van der Waals surface area contributed by atoms with Crippen LogP contribution in [0.15, 0.2) is 83.0 Å². The molecule has 1 N–H and O–H groups in total. The highest BCUT2D eigenvalue weighted by Crippen LogP contribution is 2.56. The molecule has 7 heteroatoms. The smallest absolute Gasteiger partial charge is 0.234 e. The Kier molecular flexibility index (Phi) is 5.53. The van der Waals surface area contributed by atoms with E-state index in [9.17, 15) is 24.3 Å². The van der Waals surface area contributed by atoms with E-state index in [2.05, 4.69) is 0 Å². The van der Waals surface area contributed by atoms with Crippen LogP contribution in [0.25, 0.3) is 0 Å². The largest absolute Gasteiger partial charge is 0.508 e. The number of nitrogens with zero attached hydrogens (tertiary/aromatic N) is 1. The van der Waals surface area contributed by atoms with Crippen LogP contribution in [0.4, 0.5) is 0 Å². The zero-order valence-electron chi connectivity index (χ0n) is 20.1. The van der Waals surface area contributed by atoms with Gasteiger partial charge in [0.25, 0.3) is 0 Å². The quantitative estimate of drug-likeness (QED) is 0.365. The summed E-state index contributed by atoms with van der Waals surface area (Å²) in [6.07, 6.45) is 3.83. The van der Waals surface area contributed by atoms with Gasteiger partial charge >= 0.3 is 0 Å². The Balaban J connectivity index is 1.47. The molecule has 0 saturated carbocycles. The first-order chi connectivity index (χ1) is 17.8. The Hall–Kier alpha value is -3.77. The van der Waals surface area contributed by atoms with Crippen molar-refractivity contribution < 1.29 is 24.3 Å². The van der Waals surface area contributed by atoms with Crippen molar-refractivity contribution in [3.8, 4) is 5.75 Å². The average molecular weight is 514 g/mol. The number of phenols is 1. The molecule has 0 spiro atoms. The van der Waals surface area contributed by atoms with E-state index in [1.54, 1.807) is 19.1 Å². The number of carbonyl (C=O) groups is 4. The predicted octanol–water partition coefficient (Wildman–Crippen LogP) is 4.68. The van der Waals surface area contributed by atoms with E-state index in [0.717, 1.165) is 11.1 Å². The Morgan fingerprint density at radius 1 is 1.00 bits per heavy atom. The number of hydrogen-bond acceptors (Lipinski definition) is 5. The van der Waals surface area contributed by atoms with Crippen molar-refractivity contribution in [3.05, 3.63) is 99.1 Å². The molecule has 1 fully saturated rings. The highest BCUT2D eigenvalue weighted by Gasteiger charge is 2.56. The third-order valence-electron chi connectivity index (χ3n) is 8.14. The highest BCUT2D eigenvalue weighted by molar-refractivity contribution is 6.30. The normalized spacial score (nSPS) is 27.0. The molecule has 4 unspecified atom stereocenters. The molecular weight excluding hydrogens is 490 g/mol. The lowest BCUT2D eigenvalue weighted by atomic mass is 9.59. The van der Waals surface area contributed by atoms with E-state index < -0.39 is 23.7 Å². The van der Waals surface area contributed by atoms with E-state index in [4.69, 9.17) is 11.6 Å². The van der Waals surface area contributed by atoms with Crippen molar-refractivity contribution in [1.29, 1.82) is 0 Å². The second-order valence-electron chi connectivity index (χ2n) is 10.2. The molecule has 0 aromatic heterocycles. The van der Waals surface area contributed by atoms with Crippen molar-refractivity contribution in [2.75, 3.05) is 0 Å². The molecule has 1 saturated heterocycles. The molecule has 4 atom stereocenters. The molecule has 2 amide bonds. The molecule has 4 aliphatic rings. The fourth-order valence-corrected chi connectivity index (χ4v) is 6.66. The second kappa shape index (κ2) is 8.67. The lowest BCUT2D eigenvalue weighted by molar-refractivity contribution is -0.140. The van der Waals surface area contributed by atoms with Crippen LogP contribution < -0.4 is 0 Å². The number of rotatable bonds is 3. The zero-order chi connectivity index (χ0) is 26.0. The molecule has 3 aliphatic carbocycles. The Bertz CT molecular complexity index is 1480. The summed E-state index contributed by atoms with van der Waals surface area (Å²) >= 11 is 6.29. The maximum atomic E-state index is 13.8. The molecule has 0 radical (unpaired) electrons. The molecule has 2 aromatic carbocycles. The van der Waals surface area contributed by atoms with Gasteiger partial charge in [0.2, 0.25) is 11.8 Å². The maximum Gasteiger partial charge on any atom is 0.234 e. The summed E-state index contributed by atoms with van der Waals surface area (Å²) in [5, 5.41) is 11.2. The third kappa shape index (κ3) is 3.62. The average Bonchev–Trinajstić information content (AvgIpc) is 3.13. The standard InChI is InChI=1S/C30H24ClNO5/c1-15-11-24(34)27-22(28(15)35)13-20-18(25(27)21-12-17(31)7-10-23(21)33)8-9-19-26(20)30(37)32(29(19)36)14-16-5-3-2-4-6-16/h2-8,10-12,19-20,25-26,33H,9,13-14H2,1H3. The minimum Gasteiger partial charge on any atom is -0.508 e. The highest BCUT2D eigenvalue weighted by atomic mass is 35.5. The zero-order valence-corrected chi connectivity index (χ0v) is 20.9. The fourth-order valence-electron chi connectivity index (χ4n) is 6.48. The monoisotopic (exact) mass is 513 g/mol. The minimum absolute atomic E-state index is 0.0454.